The van der Waals surface area contributed by atoms with Gasteiger partial charge in [-0.25, -0.2) is 4.39 Å². The van der Waals surface area contributed by atoms with Crippen LogP contribution in [-0.4, -0.2) is 65.3 Å². The SMILES string of the molecule is CN(CC(=O)O)C1CCCN(C(=O)CCSc2ccccc2F)CC1. The van der Waals surface area contributed by atoms with Crippen LogP contribution in [-0.2, 0) is 9.59 Å². The lowest BCUT2D eigenvalue weighted by atomic mass is 10.1. The van der Waals surface area contributed by atoms with Crippen LogP contribution in [0.25, 0.3) is 0 Å². The summed E-state index contributed by atoms with van der Waals surface area (Å²) < 4.78 is 13.6. The molecule has 0 saturated carbocycles. The molecule has 1 atom stereocenters. The molecule has 1 heterocycles. The normalized spacial score (nSPS) is 18.2. The first-order valence-electron chi connectivity index (χ1n) is 8.54. The zero-order valence-corrected chi connectivity index (χ0v) is 15.3. The summed E-state index contributed by atoms with van der Waals surface area (Å²) in [6.07, 6.45) is 2.95. The van der Waals surface area contributed by atoms with E-state index >= 15 is 0 Å². The van der Waals surface area contributed by atoms with Gasteiger partial charge in [-0.2, -0.15) is 0 Å². The molecule has 0 spiro atoms. The summed E-state index contributed by atoms with van der Waals surface area (Å²) in [5.41, 5.74) is 0. The minimum atomic E-state index is -0.829. The van der Waals surface area contributed by atoms with Crippen molar-refractivity contribution in [1.29, 1.82) is 0 Å². The molecule has 1 saturated heterocycles. The number of carbonyl (C=O) groups excluding carboxylic acids is 1. The number of rotatable bonds is 7. The van der Waals surface area contributed by atoms with Gasteiger partial charge in [-0.15, -0.1) is 11.8 Å². The van der Waals surface area contributed by atoms with Crippen molar-refractivity contribution in [3.8, 4) is 0 Å². The zero-order chi connectivity index (χ0) is 18.2. The van der Waals surface area contributed by atoms with Crippen molar-refractivity contribution in [3.05, 3.63) is 30.1 Å². The van der Waals surface area contributed by atoms with E-state index in [0.717, 1.165) is 19.3 Å². The van der Waals surface area contributed by atoms with Crippen molar-refractivity contribution < 1.29 is 19.1 Å². The highest BCUT2D eigenvalue weighted by molar-refractivity contribution is 7.99. The minimum Gasteiger partial charge on any atom is -0.480 e. The van der Waals surface area contributed by atoms with Gasteiger partial charge in [0.25, 0.3) is 0 Å². The van der Waals surface area contributed by atoms with Gasteiger partial charge in [0.15, 0.2) is 0 Å². The lowest BCUT2D eigenvalue weighted by molar-refractivity contribution is -0.138. The summed E-state index contributed by atoms with van der Waals surface area (Å²) in [5.74, 6) is -0.437. The van der Waals surface area contributed by atoms with Crippen molar-refractivity contribution in [2.24, 2.45) is 0 Å². The number of nitrogens with zero attached hydrogens (tertiary/aromatic N) is 2. The number of carbonyl (C=O) groups is 2. The quantitative estimate of drug-likeness (QED) is 0.750. The van der Waals surface area contributed by atoms with Crippen LogP contribution in [0.4, 0.5) is 4.39 Å². The number of aliphatic carboxylic acids is 1. The molecule has 1 aliphatic heterocycles. The number of carboxylic acid groups (broad SMARTS) is 1. The van der Waals surface area contributed by atoms with Gasteiger partial charge >= 0.3 is 5.97 Å². The van der Waals surface area contributed by atoms with Crippen LogP contribution < -0.4 is 0 Å². The Bertz CT molecular complexity index is 599. The molecule has 2 rings (SSSR count). The van der Waals surface area contributed by atoms with E-state index in [1.54, 1.807) is 18.2 Å². The zero-order valence-electron chi connectivity index (χ0n) is 14.5. The van der Waals surface area contributed by atoms with Gasteiger partial charge in [0, 0.05) is 36.2 Å². The van der Waals surface area contributed by atoms with Gasteiger partial charge in [-0.05, 0) is 38.4 Å². The first kappa shape index (κ1) is 19.7. The second-order valence-corrected chi connectivity index (χ2v) is 7.44. The van der Waals surface area contributed by atoms with Crippen molar-refractivity contribution in [3.63, 3.8) is 0 Å². The van der Waals surface area contributed by atoms with Crippen molar-refractivity contribution >= 4 is 23.6 Å². The van der Waals surface area contributed by atoms with Crippen LogP contribution in [0.1, 0.15) is 25.7 Å². The average molecular weight is 368 g/mol. The molecule has 1 aliphatic rings. The van der Waals surface area contributed by atoms with Gasteiger partial charge in [0.1, 0.15) is 5.82 Å². The lowest BCUT2D eigenvalue weighted by Gasteiger charge is -2.25. The molecular weight excluding hydrogens is 343 g/mol. The highest BCUT2D eigenvalue weighted by Gasteiger charge is 2.23. The van der Waals surface area contributed by atoms with Crippen LogP contribution in [0.5, 0.6) is 0 Å². The van der Waals surface area contributed by atoms with Crippen LogP contribution in [0, 0.1) is 5.82 Å². The van der Waals surface area contributed by atoms with Crippen LogP contribution in [0.2, 0.25) is 0 Å². The van der Waals surface area contributed by atoms with Gasteiger partial charge in [-0.1, -0.05) is 12.1 Å². The summed E-state index contributed by atoms with van der Waals surface area (Å²) in [6.45, 7) is 1.39. The molecule has 25 heavy (non-hydrogen) atoms. The maximum Gasteiger partial charge on any atom is 0.317 e. The highest BCUT2D eigenvalue weighted by atomic mass is 32.2. The number of likely N-dealkylation sites (tertiary alicyclic amines) is 1. The fraction of sp³-hybridized carbons (Fsp3) is 0.556. The summed E-state index contributed by atoms with van der Waals surface area (Å²) in [4.78, 5) is 27.5. The topological polar surface area (TPSA) is 60.9 Å². The van der Waals surface area contributed by atoms with E-state index in [1.165, 1.54) is 17.8 Å². The molecule has 1 amide bonds. The minimum absolute atomic E-state index is 0.0257. The smallest absolute Gasteiger partial charge is 0.317 e. The van der Waals surface area contributed by atoms with E-state index in [0.29, 0.717) is 30.2 Å². The van der Waals surface area contributed by atoms with Crippen molar-refractivity contribution in [1.82, 2.24) is 9.80 Å². The summed E-state index contributed by atoms with van der Waals surface area (Å²) in [7, 11) is 1.82. The first-order chi connectivity index (χ1) is 12.0. The second-order valence-electron chi connectivity index (χ2n) is 6.30. The number of halogens is 1. The van der Waals surface area contributed by atoms with E-state index in [2.05, 4.69) is 0 Å². The number of hydrogen-bond donors (Lipinski definition) is 1. The molecule has 0 aromatic heterocycles. The lowest BCUT2D eigenvalue weighted by Crippen LogP contribution is -2.37. The Morgan fingerprint density at radius 2 is 2.08 bits per heavy atom. The third-order valence-corrected chi connectivity index (χ3v) is 5.52. The fourth-order valence-corrected chi connectivity index (χ4v) is 3.96. The van der Waals surface area contributed by atoms with E-state index in [9.17, 15) is 14.0 Å². The van der Waals surface area contributed by atoms with Crippen molar-refractivity contribution in [2.45, 2.75) is 36.6 Å². The highest BCUT2D eigenvalue weighted by Crippen LogP contribution is 2.22. The molecule has 1 unspecified atom stereocenters. The molecule has 0 aliphatic carbocycles. The number of hydrogen-bond acceptors (Lipinski definition) is 4. The Kier molecular flexibility index (Phi) is 7.71. The number of likely N-dealkylation sites (N-methyl/N-ethyl adjacent to an activating group) is 1. The van der Waals surface area contributed by atoms with E-state index in [1.807, 2.05) is 16.8 Å². The molecule has 1 aromatic carbocycles. The van der Waals surface area contributed by atoms with Crippen LogP contribution in [0.3, 0.4) is 0 Å². The molecule has 138 valence electrons. The average Bonchev–Trinajstić information content (AvgIpc) is 2.82. The van der Waals surface area contributed by atoms with E-state index in [-0.39, 0.29) is 24.3 Å². The fourth-order valence-electron chi connectivity index (χ4n) is 3.08. The Hall–Kier alpha value is -1.60. The number of amides is 1. The number of carboxylic acids is 1. The maximum atomic E-state index is 13.6. The largest absolute Gasteiger partial charge is 0.480 e. The molecule has 0 bridgehead atoms. The Morgan fingerprint density at radius 3 is 2.80 bits per heavy atom. The Balaban J connectivity index is 1.76. The van der Waals surface area contributed by atoms with Crippen LogP contribution in [0.15, 0.2) is 29.2 Å². The second kappa shape index (κ2) is 9.77. The van der Waals surface area contributed by atoms with Crippen molar-refractivity contribution in [2.75, 3.05) is 32.4 Å². The molecule has 1 N–H and O–H groups in total. The molecule has 1 fully saturated rings. The predicted molar refractivity (Wildman–Crippen MR) is 96.2 cm³/mol. The molecular formula is C18H25FN2O3S. The standard InChI is InChI=1S/C18H25FN2O3S/c1-20(13-18(23)24)14-5-4-10-21(11-8-14)17(22)9-12-25-16-7-3-2-6-15(16)19/h2-3,6-7,14H,4-5,8-13H2,1H3,(H,23,24). The predicted octanol–water partition coefficient (Wildman–Crippen LogP) is 2.71. The maximum absolute atomic E-state index is 13.6. The molecule has 7 heteroatoms. The van der Waals surface area contributed by atoms with E-state index in [4.69, 9.17) is 5.11 Å². The van der Waals surface area contributed by atoms with Gasteiger partial charge in [0.2, 0.25) is 5.91 Å². The third kappa shape index (κ3) is 6.32. The number of benzene rings is 1. The molecule has 5 nitrogen and oxygen atoms in total. The summed E-state index contributed by atoms with van der Waals surface area (Å²) >= 11 is 1.36. The Labute approximate surface area is 152 Å². The van der Waals surface area contributed by atoms with Gasteiger partial charge in [-0.3, -0.25) is 14.5 Å². The van der Waals surface area contributed by atoms with Gasteiger partial charge in [0.05, 0.1) is 6.54 Å². The van der Waals surface area contributed by atoms with Crippen LogP contribution >= 0.6 is 11.8 Å². The monoisotopic (exact) mass is 368 g/mol. The summed E-state index contributed by atoms with van der Waals surface area (Å²) in [5, 5.41) is 8.90. The summed E-state index contributed by atoms with van der Waals surface area (Å²) in [6, 6.07) is 6.78. The van der Waals surface area contributed by atoms with Gasteiger partial charge < -0.3 is 10.0 Å². The molecule has 1 aromatic rings. The third-order valence-electron chi connectivity index (χ3n) is 4.47. The Morgan fingerprint density at radius 1 is 1.32 bits per heavy atom. The first-order valence-corrected chi connectivity index (χ1v) is 9.53. The molecule has 0 radical (unpaired) electrons. The number of thioether (sulfide) groups is 1. The van der Waals surface area contributed by atoms with E-state index < -0.39 is 5.97 Å².